The summed E-state index contributed by atoms with van der Waals surface area (Å²) in [5.74, 6) is 0.427. The third-order valence-corrected chi connectivity index (χ3v) is 5.22. The lowest BCUT2D eigenvalue weighted by Gasteiger charge is -2.09. The summed E-state index contributed by atoms with van der Waals surface area (Å²) >= 11 is 6.01. The number of hydrogen-bond acceptors (Lipinski definition) is 5. The van der Waals surface area contributed by atoms with E-state index in [1.807, 2.05) is 31.2 Å². The van der Waals surface area contributed by atoms with Crippen LogP contribution in [0.1, 0.15) is 5.56 Å². The van der Waals surface area contributed by atoms with Gasteiger partial charge in [-0.05, 0) is 30.7 Å². The van der Waals surface area contributed by atoms with E-state index in [4.69, 9.17) is 20.9 Å². The van der Waals surface area contributed by atoms with Crippen LogP contribution < -0.4 is 9.46 Å². The molecule has 0 fully saturated rings. The third-order valence-electron chi connectivity index (χ3n) is 3.59. The Labute approximate surface area is 150 Å². The minimum atomic E-state index is -3.89. The number of anilines is 1. The summed E-state index contributed by atoms with van der Waals surface area (Å²) in [6, 6.07) is 11.8. The molecule has 0 atom stereocenters. The van der Waals surface area contributed by atoms with Gasteiger partial charge in [0.2, 0.25) is 5.88 Å². The van der Waals surface area contributed by atoms with Crippen LogP contribution in [0.25, 0.3) is 11.1 Å². The number of ether oxygens (including phenoxy) is 1. The number of methoxy groups -OCH3 is 1. The molecule has 0 spiro atoms. The largest absolute Gasteiger partial charge is 0.495 e. The van der Waals surface area contributed by atoms with Crippen molar-refractivity contribution >= 4 is 27.5 Å². The first-order chi connectivity index (χ1) is 11.9. The van der Waals surface area contributed by atoms with Gasteiger partial charge in [-0.15, -0.1) is 0 Å². The van der Waals surface area contributed by atoms with Crippen molar-refractivity contribution in [1.82, 2.24) is 5.16 Å². The van der Waals surface area contributed by atoms with Crippen LogP contribution in [0, 0.1) is 6.92 Å². The van der Waals surface area contributed by atoms with Crippen LogP contribution in [0.2, 0.25) is 5.02 Å². The summed E-state index contributed by atoms with van der Waals surface area (Å²) in [5.41, 5.74) is 2.43. The molecule has 0 radical (unpaired) electrons. The van der Waals surface area contributed by atoms with Crippen molar-refractivity contribution in [2.45, 2.75) is 11.8 Å². The maximum atomic E-state index is 12.6. The standard InChI is InChI=1S/C17H15ClN2O4S/c1-11-3-5-12(6-4-11)14-10-19-24-17(14)20-25(21,22)13-7-8-16(23-2)15(18)9-13/h3-10,20H,1-2H3. The molecule has 0 saturated carbocycles. The molecule has 0 unspecified atom stereocenters. The average molecular weight is 379 g/mol. The van der Waals surface area contributed by atoms with Gasteiger partial charge in [0.25, 0.3) is 10.0 Å². The van der Waals surface area contributed by atoms with Gasteiger partial charge in [0, 0.05) is 0 Å². The second-order valence-electron chi connectivity index (χ2n) is 5.34. The van der Waals surface area contributed by atoms with Gasteiger partial charge in [-0.1, -0.05) is 46.6 Å². The monoisotopic (exact) mass is 378 g/mol. The van der Waals surface area contributed by atoms with E-state index in [-0.39, 0.29) is 15.8 Å². The number of benzene rings is 2. The van der Waals surface area contributed by atoms with E-state index >= 15 is 0 Å². The summed E-state index contributed by atoms with van der Waals surface area (Å²) in [6.45, 7) is 1.97. The van der Waals surface area contributed by atoms with Gasteiger partial charge in [-0.2, -0.15) is 0 Å². The van der Waals surface area contributed by atoms with E-state index in [2.05, 4.69) is 9.88 Å². The highest BCUT2D eigenvalue weighted by molar-refractivity contribution is 7.92. The summed E-state index contributed by atoms with van der Waals surface area (Å²) < 4.78 is 37.7. The molecule has 8 heteroatoms. The molecule has 1 aromatic heterocycles. The molecule has 25 heavy (non-hydrogen) atoms. The van der Waals surface area contributed by atoms with Crippen molar-refractivity contribution in [1.29, 1.82) is 0 Å². The van der Waals surface area contributed by atoms with Crippen LogP contribution >= 0.6 is 11.6 Å². The Balaban J connectivity index is 1.93. The molecule has 2 aromatic carbocycles. The maximum Gasteiger partial charge on any atom is 0.264 e. The molecule has 6 nitrogen and oxygen atoms in total. The second kappa shape index (κ2) is 6.78. The molecule has 0 aliphatic carbocycles. The highest BCUT2D eigenvalue weighted by Crippen LogP contribution is 2.31. The Morgan fingerprint density at radius 2 is 1.88 bits per heavy atom. The molecule has 1 N–H and O–H groups in total. The molecule has 0 amide bonds. The van der Waals surface area contributed by atoms with Gasteiger partial charge < -0.3 is 9.26 Å². The molecule has 3 rings (SSSR count). The fourth-order valence-corrected chi connectivity index (χ4v) is 3.60. The van der Waals surface area contributed by atoms with E-state index in [0.29, 0.717) is 11.3 Å². The average Bonchev–Trinajstić information content (AvgIpc) is 3.03. The van der Waals surface area contributed by atoms with E-state index in [1.54, 1.807) is 0 Å². The van der Waals surface area contributed by atoms with Gasteiger partial charge >= 0.3 is 0 Å². The van der Waals surface area contributed by atoms with Gasteiger partial charge in [-0.3, -0.25) is 0 Å². The highest BCUT2D eigenvalue weighted by atomic mass is 35.5. The molecule has 0 aliphatic rings. The predicted octanol–water partition coefficient (Wildman–Crippen LogP) is 4.11. The molecule has 1 heterocycles. The minimum absolute atomic E-state index is 0.00967. The number of aryl methyl sites for hydroxylation is 1. The summed E-state index contributed by atoms with van der Waals surface area (Å²) in [5, 5.41) is 3.89. The fraction of sp³-hybridized carbons (Fsp3) is 0.118. The van der Waals surface area contributed by atoms with E-state index < -0.39 is 10.0 Å². The number of sulfonamides is 1. The molecular formula is C17H15ClN2O4S. The third kappa shape index (κ3) is 3.62. The zero-order valence-corrected chi connectivity index (χ0v) is 15.1. The number of rotatable bonds is 5. The maximum absolute atomic E-state index is 12.6. The van der Waals surface area contributed by atoms with Crippen LogP contribution in [0.5, 0.6) is 5.75 Å². The van der Waals surface area contributed by atoms with E-state index in [0.717, 1.165) is 11.1 Å². The first-order valence-electron chi connectivity index (χ1n) is 7.29. The number of halogens is 1. The number of hydrogen-bond donors (Lipinski definition) is 1. The number of nitrogens with zero attached hydrogens (tertiary/aromatic N) is 1. The summed E-state index contributed by atoms with van der Waals surface area (Å²) in [4.78, 5) is -0.00967. The van der Waals surface area contributed by atoms with Crippen LogP contribution in [0.15, 0.2) is 58.1 Å². The quantitative estimate of drug-likeness (QED) is 0.722. The molecule has 130 valence electrons. The Hall–Kier alpha value is -2.51. The second-order valence-corrected chi connectivity index (χ2v) is 7.43. The van der Waals surface area contributed by atoms with Crippen molar-refractivity contribution in [2.75, 3.05) is 11.8 Å². The summed E-state index contributed by atoms with van der Waals surface area (Å²) in [6.07, 6.45) is 1.46. The van der Waals surface area contributed by atoms with Gasteiger partial charge in [0.15, 0.2) is 0 Å². The van der Waals surface area contributed by atoms with Crippen LogP contribution in [-0.4, -0.2) is 20.7 Å². The normalized spacial score (nSPS) is 11.3. The van der Waals surface area contributed by atoms with Gasteiger partial charge in [0.1, 0.15) is 5.75 Å². The minimum Gasteiger partial charge on any atom is -0.495 e. The Bertz CT molecular complexity index is 998. The number of aromatic nitrogens is 1. The Kier molecular flexibility index (Phi) is 4.69. The van der Waals surface area contributed by atoms with Crippen molar-refractivity contribution in [3.63, 3.8) is 0 Å². The van der Waals surface area contributed by atoms with Gasteiger partial charge in [0.05, 0.1) is 28.8 Å². The Morgan fingerprint density at radius 3 is 2.52 bits per heavy atom. The molecule has 0 saturated heterocycles. The first-order valence-corrected chi connectivity index (χ1v) is 9.15. The van der Waals surface area contributed by atoms with Crippen LogP contribution in [-0.2, 0) is 10.0 Å². The van der Waals surface area contributed by atoms with E-state index in [1.165, 1.54) is 31.5 Å². The topological polar surface area (TPSA) is 81.4 Å². The van der Waals surface area contributed by atoms with Crippen molar-refractivity contribution in [2.24, 2.45) is 0 Å². The first kappa shape index (κ1) is 17.3. The molecule has 0 aliphatic heterocycles. The fourth-order valence-electron chi connectivity index (χ4n) is 2.25. The van der Waals surface area contributed by atoms with Crippen molar-refractivity contribution in [3.05, 3.63) is 59.2 Å². The summed E-state index contributed by atoms with van der Waals surface area (Å²) in [7, 11) is -2.44. The van der Waals surface area contributed by atoms with Crippen LogP contribution in [0.3, 0.4) is 0 Å². The lowest BCUT2D eigenvalue weighted by Crippen LogP contribution is -2.13. The SMILES string of the molecule is COc1ccc(S(=O)(=O)Nc2oncc2-c2ccc(C)cc2)cc1Cl. The molecule has 3 aromatic rings. The van der Waals surface area contributed by atoms with Crippen molar-refractivity contribution in [3.8, 4) is 16.9 Å². The zero-order chi connectivity index (χ0) is 18.0. The highest BCUT2D eigenvalue weighted by Gasteiger charge is 2.21. The number of nitrogens with one attached hydrogen (secondary N) is 1. The smallest absolute Gasteiger partial charge is 0.264 e. The van der Waals surface area contributed by atoms with Crippen LogP contribution in [0.4, 0.5) is 5.88 Å². The lowest BCUT2D eigenvalue weighted by molar-refractivity contribution is 0.414. The van der Waals surface area contributed by atoms with Crippen molar-refractivity contribution < 1.29 is 17.7 Å². The molecular weight excluding hydrogens is 364 g/mol. The van der Waals surface area contributed by atoms with Gasteiger partial charge in [-0.25, -0.2) is 13.1 Å². The van der Waals surface area contributed by atoms with E-state index in [9.17, 15) is 8.42 Å². The predicted molar refractivity (Wildman–Crippen MR) is 95.5 cm³/mol. The zero-order valence-electron chi connectivity index (χ0n) is 13.5. The lowest BCUT2D eigenvalue weighted by atomic mass is 10.1. The Morgan fingerprint density at radius 1 is 1.16 bits per heavy atom. The molecule has 0 bridgehead atoms.